The van der Waals surface area contributed by atoms with Gasteiger partial charge in [0.15, 0.2) is 17.1 Å². The lowest BCUT2D eigenvalue weighted by atomic mass is 10.1. The predicted octanol–water partition coefficient (Wildman–Crippen LogP) is 7.18. The van der Waals surface area contributed by atoms with Gasteiger partial charge in [-0.3, -0.25) is 4.99 Å². The number of phenols is 1. The van der Waals surface area contributed by atoms with E-state index in [0.717, 1.165) is 15.6 Å². The Labute approximate surface area is 190 Å². The van der Waals surface area contributed by atoms with Crippen molar-refractivity contribution in [2.75, 3.05) is 6.61 Å². The Bertz CT molecular complexity index is 1270. The summed E-state index contributed by atoms with van der Waals surface area (Å²) in [5, 5.41) is 10.5. The van der Waals surface area contributed by atoms with Gasteiger partial charge in [0.25, 0.3) is 0 Å². The van der Waals surface area contributed by atoms with Crippen LogP contribution in [0.25, 0.3) is 22.6 Å². The molecule has 5 nitrogen and oxygen atoms in total. The van der Waals surface area contributed by atoms with Crippen LogP contribution in [0.5, 0.6) is 11.5 Å². The SMILES string of the molecule is CCOc1cc(Br)c(Br)c(C=Nc2ccc3oc(-c4cccc(C)c4)nc3c2)c1O. The molecule has 30 heavy (non-hydrogen) atoms. The van der Waals surface area contributed by atoms with Crippen molar-refractivity contribution in [3.8, 4) is 23.0 Å². The fraction of sp³-hybridized carbons (Fsp3) is 0.130. The number of aromatic nitrogens is 1. The van der Waals surface area contributed by atoms with Crippen LogP contribution < -0.4 is 4.74 Å². The number of rotatable bonds is 5. The van der Waals surface area contributed by atoms with Crippen molar-refractivity contribution in [3.05, 3.63) is 68.6 Å². The summed E-state index contributed by atoms with van der Waals surface area (Å²) in [4.78, 5) is 9.11. The van der Waals surface area contributed by atoms with E-state index in [1.807, 2.05) is 56.3 Å². The smallest absolute Gasteiger partial charge is 0.227 e. The Morgan fingerprint density at radius 2 is 2.00 bits per heavy atom. The minimum absolute atomic E-state index is 0.0277. The first kappa shape index (κ1) is 20.6. The van der Waals surface area contributed by atoms with E-state index in [0.29, 0.717) is 45.1 Å². The van der Waals surface area contributed by atoms with Crippen LogP contribution in [0.4, 0.5) is 5.69 Å². The van der Waals surface area contributed by atoms with E-state index in [1.165, 1.54) is 0 Å². The van der Waals surface area contributed by atoms with Crippen LogP contribution >= 0.6 is 31.9 Å². The maximum atomic E-state index is 10.5. The number of hydrogen-bond donors (Lipinski definition) is 1. The molecular weight excluding hydrogens is 512 g/mol. The highest BCUT2D eigenvalue weighted by Gasteiger charge is 2.15. The first-order valence-corrected chi connectivity index (χ1v) is 10.9. The van der Waals surface area contributed by atoms with Crippen LogP contribution in [0.2, 0.25) is 0 Å². The zero-order valence-electron chi connectivity index (χ0n) is 16.3. The lowest BCUT2D eigenvalue weighted by molar-refractivity contribution is 0.317. The van der Waals surface area contributed by atoms with Gasteiger partial charge in [0, 0.05) is 20.7 Å². The molecule has 3 aromatic carbocycles. The van der Waals surface area contributed by atoms with Crippen molar-refractivity contribution in [1.29, 1.82) is 0 Å². The zero-order chi connectivity index (χ0) is 21.3. The second-order valence-corrected chi connectivity index (χ2v) is 8.31. The number of hydrogen-bond acceptors (Lipinski definition) is 5. The van der Waals surface area contributed by atoms with E-state index < -0.39 is 0 Å². The predicted molar refractivity (Wildman–Crippen MR) is 126 cm³/mol. The van der Waals surface area contributed by atoms with Crippen LogP contribution in [-0.2, 0) is 0 Å². The zero-order valence-corrected chi connectivity index (χ0v) is 19.5. The molecule has 4 aromatic rings. The Hall–Kier alpha value is -2.64. The molecule has 0 saturated heterocycles. The number of phenolic OH excluding ortho intramolecular Hbond substituents is 1. The fourth-order valence-corrected chi connectivity index (χ4v) is 3.86. The van der Waals surface area contributed by atoms with Gasteiger partial charge in [-0.1, -0.05) is 17.7 Å². The molecule has 0 spiro atoms. The Balaban J connectivity index is 1.69. The summed E-state index contributed by atoms with van der Waals surface area (Å²) in [6.45, 7) is 4.34. The van der Waals surface area contributed by atoms with Gasteiger partial charge in [-0.15, -0.1) is 0 Å². The lowest BCUT2D eigenvalue weighted by Crippen LogP contribution is -1.95. The lowest BCUT2D eigenvalue weighted by Gasteiger charge is -2.11. The van der Waals surface area contributed by atoms with Crippen molar-refractivity contribution in [2.24, 2.45) is 4.99 Å². The summed E-state index contributed by atoms with van der Waals surface area (Å²) in [5.41, 5.74) is 4.70. The highest BCUT2D eigenvalue weighted by Crippen LogP contribution is 2.40. The Kier molecular flexibility index (Phi) is 5.92. The van der Waals surface area contributed by atoms with Crippen molar-refractivity contribution in [3.63, 3.8) is 0 Å². The molecule has 1 aromatic heterocycles. The molecule has 4 rings (SSSR count). The van der Waals surface area contributed by atoms with Crippen LogP contribution in [0.15, 0.2) is 66.9 Å². The summed E-state index contributed by atoms with van der Waals surface area (Å²) in [5.74, 6) is 0.993. The third kappa shape index (κ3) is 4.13. The van der Waals surface area contributed by atoms with Gasteiger partial charge in [0.1, 0.15) is 5.52 Å². The standard InChI is InChI=1S/C23H18Br2N2O3/c1-3-29-20-11-17(24)21(25)16(22(20)28)12-26-15-7-8-19-18(10-15)27-23(30-19)14-6-4-5-13(2)9-14/h4-12,28H,3H2,1-2H3. The van der Waals surface area contributed by atoms with Gasteiger partial charge < -0.3 is 14.3 Å². The molecule has 0 radical (unpaired) electrons. The summed E-state index contributed by atoms with van der Waals surface area (Å²) in [6.07, 6.45) is 1.59. The first-order valence-electron chi connectivity index (χ1n) is 9.31. The number of benzene rings is 3. The van der Waals surface area contributed by atoms with Gasteiger partial charge in [-0.25, -0.2) is 4.98 Å². The molecule has 0 unspecified atom stereocenters. The number of nitrogens with zero attached hydrogens (tertiary/aromatic N) is 2. The summed E-state index contributed by atoms with van der Waals surface area (Å²) in [6, 6.07) is 15.3. The van der Waals surface area contributed by atoms with Gasteiger partial charge in [0.2, 0.25) is 5.89 Å². The second-order valence-electron chi connectivity index (χ2n) is 6.66. The largest absolute Gasteiger partial charge is 0.504 e. The molecule has 0 fully saturated rings. The normalized spacial score (nSPS) is 11.5. The highest BCUT2D eigenvalue weighted by atomic mass is 79.9. The van der Waals surface area contributed by atoms with Crippen LogP contribution in [0.1, 0.15) is 18.1 Å². The minimum atomic E-state index is 0.0277. The maximum Gasteiger partial charge on any atom is 0.227 e. The van der Waals surface area contributed by atoms with Crippen molar-refractivity contribution >= 4 is 54.9 Å². The van der Waals surface area contributed by atoms with Gasteiger partial charge in [-0.2, -0.15) is 0 Å². The number of ether oxygens (including phenoxy) is 1. The molecule has 0 amide bonds. The fourth-order valence-electron chi connectivity index (χ4n) is 3.03. The third-order valence-corrected chi connectivity index (χ3v) is 6.48. The number of halogens is 2. The number of aliphatic imine (C=N–C) groups is 1. The van der Waals surface area contributed by atoms with Crippen molar-refractivity contribution < 1.29 is 14.3 Å². The topological polar surface area (TPSA) is 67.9 Å². The number of aromatic hydroxyl groups is 1. The number of aryl methyl sites for hydroxylation is 1. The number of fused-ring (bicyclic) bond motifs is 1. The molecule has 0 aliphatic rings. The second kappa shape index (κ2) is 8.62. The number of oxazole rings is 1. The molecule has 0 aliphatic carbocycles. The summed E-state index contributed by atoms with van der Waals surface area (Å²) < 4.78 is 12.8. The summed E-state index contributed by atoms with van der Waals surface area (Å²) >= 11 is 6.95. The van der Waals surface area contributed by atoms with E-state index >= 15 is 0 Å². The highest BCUT2D eigenvalue weighted by molar-refractivity contribution is 9.13. The molecule has 1 N–H and O–H groups in total. The monoisotopic (exact) mass is 528 g/mol. The van der Waals surface area contributed by atoms with E-state index in [2.05, 4.69) is 41.8 Å². The molecule has 0 aliphatic heterocycles. The van der Waals surface area contributed by atoms with E-state index in [-0.39, 0.29) is 5.75 Å². The van der Waals surface area contributed by atoms with Crippen LogP contribution in [0, 0.1) is 6.92 Å². The van der Waals surface area contributed by atoms with E-state index in [4.69, 9.17) is 9.15 Å². The van der Waals surface area contributed by atoms with Crippen molar-refractivity contribution in [1.82, 2.24) is 4.98 Å². The van der Waals surface area contributed by atoms with Crippen LogP contribution in [0.3, 0.4) is 0 Å². The van der Waals surface area contributed by atoms with Gasteiger partial charge in [-0.05, 0) is 82.1 Å². The molecule has 7 heteroatoms. The molecule has 0 atom stereocenters. The molecule has 1 heterocycles. The quantitative estimate of drug-likeness (QED) is 0.278. The van der Waals surface area contributed by atoms with E-state index in [1.54, 1.807) is 12.3 Å². The molecule has 0 bridgehead atoms. The third-order valence-electron chi connectivity index (χ3n) is 4.47. The maximum absolute atomic E-state index is 10.5. The Morgan fingerprint density at radius 1 is 1.17 bits per heavy atom. The van der Waals surface area contributed by atoms with E-state index in [9.17, 15) is 5.11 Å². The van der Waals surface area contributed by atoms with Gasteiger partial charge >= 0.3 is 0 Å². The van der Waals surface area contributed by atoms with Crippen LogP contribution in [-0.4, -0.2) is 22.9 Å². The average Bonchev–Trinajstić information content (AvgIpc) is 3.16. The Morgan fingerprint density at radius 3 is 2.77 bits per heavy atom. The minimum Gasteiger partial charge on any atom is -0.504 e. The van der Waals surface area contributed by atoms with Crippen molar-refractivity contribution in [2.45, 2.75) is 13.8 Å². The first-order chi connectivity index (χ1) is 14.5. The molecule has 152 valence electrons. The molecule has 0 saturated carbocycles. The van der Waals surface area contributed by atoms with Gasteiger partial charge in [0.05, 0.1) is 17.9 Å². The average molecular weight is 530 g/mol. The molecular formula is C23H18Br2N2O3. The summed E-state index contributed by atoms with van der Waals surface area (Å²) in [7, 11) is 0.